The summed E-state index contributed by atoms with van der Waals surface area (Å²) in [6, 6.07) is 8.60. The number of anilines is 1. The van der Waals surface area contributed by atoms with E-state index in [4.69, 9.17) is 0 Å². The van der Waals surface area contributed by atoms with E-state index in [2.05, 4.69) is 33.6 Å². The van der Waals surface area contributed by atoms with E-state index >= 15 is 0 Å². The standard InChI is InChI=1S/C19H27N5O/c1-15-6-7-18(21-20-15)22(3)17-8-12-24(13-9-17)19(25)14-16(2)23-10-4-5-11-23/h4-7,10-11,16-17H,8-9,12-14H2,1-3H3/t16-/m0/s1. The highest BCUT2D eigenvalue weighted by Crippen LogP contribution is 2.22. The van der Waals surface area contributed by atoms with Crippen LogP contribution < -0.4 is 4.90 Å². The molecule has 1 aliphatic rings. The fourth-order valence-electron chi connectivity index (χ4n) is 3.40. The van der Waals surface area contributed by atoms with Crippen molar-refractivity contribution in [2.24, 2.45) is 0 Å². The largest absolute Gasteiger partial charge is 0.355 e. The minimum absolute atomic E-state index is 0.200. The Bertz CT molecular complexity index is 674. The first kappa shape index (κ1) is 17.5. The van der Waals surface area contributed by atoms with Crippen LogP contribution in [0.2, 0.25) is 0 Å². The molecule has 1 atom stereocenters. The number of nitrogens with zero attached hydrogens (tertiary/aromatic N) is 5. The van der Waals surface area contributed by atoms with Gasteiger partial charge in [0, 0.05) is 51.0 Å². The van der Waals surface area contributed by atoms with Crippen LogP contribution in [0.25, 0.3) is 0 Å². The second-order valence-corrected chi connectivity index (χ2v) is 6.94. The second-order valence-electron chi connectivity index (χ2n) is 6.94. The molecule has 0 radical (unpaired) electrons. The van der Waals surface area contributed by atoms with Crippen molar-refractivity contribution in [3.8, 4) is 0 Å². The number of piperidine rings is 1. The molecular formula is C19H27N5O. The smallest absolute Gasteiger partial charge is 0.224 e. The number of rotatable bonds is 5. The maximum Gasteiger partial charge on any atom is 0.224 e. The number of carbonyl (C=O) groups is 1. The zero-order valence-corrected chi connectivity index (χ0v) is 15.3. The van der Waals surface area contributed by atoms with Crippen molar-refractivity contribution in [2.45, 2.75) is 45.2 Å². The molecule has 1 saturated heterocycles. The Kier molecular flexibility index (Phi) is 5.36. The summed E-state index contributed by atoms with van der Waals surface area (Å²) in [5.74, 6) is 1.15. The Morgan fingerprint density at radius 1 is 1.24 bits per heavy atom. The summed E-state index contributed by atoms with van der Waals surface area (Å²) in [7, 11) is 2.07. The van der Waals surface area contributed by atoms with Crippen molar-refractivity contribution in [1.82, 2.24) is 19.7 Å². The van der Waals surface area contributed by atoms with Gasteiger partial charge in [-0.1, -0.05) is 0 Å². The van der Waals surface area contributed by atoms with Crippen molar-refractivity contribution in [3.63, 3.8) is 0 Å². The van der Waals surface area contributed by atoms with E-state index in [0.29, 0.717) is 12.5 Å². The third-order valence-corrected chi connectivity index (χ3v) is 5.12. The molecule has 0 aromatic carbocycles. The highest BCUT2D eigenvalue weighted by molar-refractivity contribution is 5.76. The van der Waals surface area contributed by atoms with Gasteiger partial charge >= 0.3 is 0 Å². The Labute approximate surface area is 149 Å². The van der Waals surface area contributed by atoms with Gasteiger partial charge in [-0.2, -0.15) is 5.10 Å². The Balaban J connectivity index is 1.51. The number of aromatic nitrogens is 3. The fraction of sp³-hybridized carbons (Fsp3) is 0.526. The topological polar surface area (TPSA) is 54.3 Å². The van der Waals surface area contributed by atoms with Gasteiger partial charge in [0.2, 0.25) is 5.91 Å². The molecule has 0 unspecified atom stereocenters. The SMILES string of the molecule is Cc1ccc(N(C)C2CCN(C(=O)C[C@H](C)n3cccc3)CC2)nn1. The monoisotopic (exact) mass is 341 g/mol. The molecule has 6 nitrogen and oxygen atoms in total. The van der Waals surface area contributed by atoms with E-state index in [1.54, 1.807) is 0 Å². The van der Waals surface area contributed by atoms with Gasteiger partial charge in [0.05, 0.1) is 5.69 Å². The quantitative estimate of drug-likeness (QED) is 0.839. The lowest BCUT2D eigenvalue weighted by molar-refractivity contribution is -0.132. The van der Waals surface area contributed by atoms with Crippen LogP contribution in [-0.2, 0) is 4.79 Å². The van der Waals surface area contributed by atoms with E-state index in [1.165, 1.54) is 0 Å². The van der Waals surface area contributed by atoms with Crippen LogP contribution in [0.15, 0.2) is 36.7 Å². The molecule has 0 aliphatic carbocycles. The molecule has 25 heavy (non-hydrogen) atoms. The van der Waals surface area contributed by atoms with Gasteiger partial charge in [-0.25, -0.2) is 0 Å². The van der Waals surface area contributed by atoms with Crippen molar-refractivity contribution < 1.29 is 4.79 Å². The molecule has 1 fully saturated rings. The summed E-state index contributed by atoms with van der Waals surface area (Å²) < 4.78 is 2.09. The number of likely N-dealkylation sites (tertiary alicyclic amines) is 1. The molecule has 2 aromatic heterocycles. The number of amides is 1. The van der Waals surface area contributed by atoms with E-state index in [-0.39, 0.29) is 11.9 Å². The summed E-state index contributed by atoms with van der Waals surface area (Å²) in [6.45, 7) is 5.65. The first-order valence-corrected chi connectivity index (χ1v) is 8.98. The first-order valence-electron chi connectivity index (χ1n) is 8.98. The molecule has 0 spiro atoms. The normalized spacial score (nSPS) is 16.7. The number of hydrogen-bond donors (Lipinski definition) is 0. The van der Waals surface area contributed by atoms with Gasteiger partial charge in [0.25, 0.3) is 0 Å². The van der Waals surface area contributed by atoms with Gasteiger partial charge in [0.15, 0.2) is 5.82 Å². The Morgan fingerprint density at radius 3 is 2.52 bits per heavy atom. The van der Waals surface area contributed by atoms with Gasteiger partial charge in [-0.3, -0.25) is 4.79 Å². The molecule has 2 aromatic rings. The molecular weight excluding hydrogens is 314 g/mol. The van der Waals surface area contributed by atoms with Crippen molar-refractivity contribution in [1.29, 1.82) is 0 Å². The van der Waals surface area contributed by atoms with Crippen LogP contribution in [-0.4, -0.2) is 51.8 Å². The number of hydrogen-bond acceptors (Lipinski definition) is 4. The highest BCUT2D eigenvalue weighted by Gasteiger charge is 2.26. The summed E-state index contributed by atoms with van der Waals surface area (Å²) in [4.78, 5) is 16.8. The zero-order chi connectivity index (χ0) is 17.8. The van der Waals surface area contributed by atoms with Gasteiger partial charge in [-0.05, 0) is 51.0 Å². The average molecular weight is 341 g/mol. The zero-order valence-electron chi connectivity index (χ0n) is 15.3. The fourth-order valence-corrected chi connectivity index (χ4v) is 3.40. The third-order valence-electron chi connectivity index (χ3n) is 5.12. The summed E-state index contributed by atoms with van der Waals surface area (Å²) >= 11 is 0. The summed E-state index contributed by atoms with van der Waals surface area (Å²) in [5.41, 5.74) is 0.925. The molecule has 3 rings (SSSR count). The van der Waals surface area contributed by atoms with Crippen molar-refractivity contribution >= 4 is 11.7 Å². The van der Waals surface area contributed by atoms with E-state index in [1.807, 2.05) is 48.5 Å². The molecule has 0 N–H and O–H groups in total. The summed E-state index contributed by atoms with van der Waals surface area (Å²) in [6.07, 6.45) is 6.52. The predicted octanol–water partition coefficient (Wildman–Crippen LogP) is 2.67. The first-order chi connectivity index (χ1) is 12.0. The second kappa shape index (κ2) is 7.68. The van der Waals surface area contributed by atoms with Crippen LogP contribution in [0.4, 0.5) is 5.82 Å². The predicted molar refractivity (Wildman–Crippen MR) is 98.5 cm³/mol. The molecule has 1 amide bonds. The number of aryl methyl sites for hydroxylation is 1. The van der Waals surface area contributed by atoms with Crippen molar-refractivity contribution in [3.05, 3.63) is 42.4 Å². The van der Waals surface area contributed by atoms with Crippen LogP contribution in [0, 0.1) is 6.92 Å². The lowest BCUT2D eigenvalue weighted by atomic mass is 10.0. The van der Waals surface area contributed by atoms with Crippen molar-refractivity contribution in [2.75, 3.05) is 25.0 Å². The van der Waals surface area contributed by atoms with E-state index in [0.717, 1.165) is 37.4 Å². The molecule has 134 valence electrons. The highest BCUT2D eigenvalue weighted by atomic mass is 16.2. The number of carbonyl (C=O) groups excluding carboxylic acids is 1. The third kappa shape index (κ3) is 4.18. The van der Waals surface area contributed by atoms with Gasteiger partial charge in [0.1, 0.15) is 0 Å². The lowest BCUT2D eigenvalue weighted by Gasteiger charge is -2.37. The Hall–Kier alpha value is -2.37. The minimum Gasteiger partial charge on any atom is -0.355 e. The molecule has 6 heteroatoms. The van der Waals surface area contributed by atoms with E-state index in [9.17, 15) is 4.79 Å². The Morgan fingerprint density at radius 2 is 1.92 bits per heavy atom. The molecule has 0 bridgehead atoms. The summed E-state index contributed by atoms with van der Waals surface area (Å²) in [5, 5.41) is 8.40. The van der Waals surface area contributed by atoms with Gasteiger partial charge < -0.3 is 14.4 Å². The van der Waals surface area contributed by atoms with Crippen LogP contribution in [0.5, 0.6) is 0 Å². The van der Waals surface area contributed by atoms with Crippen LogP contribution in [0.3, 0.4) is 0 Å². The lowest BCUT2D eigenvalue weighted by Crippen LogP contribution is -2.46. The molecule has 1 aliphatic heterocycles. The average Bonchev–Trinajstić information content (AvgIpc) is 3.17. The molecule has 3 heterocycles. The maximum atomic E-state index is 12.6. The van der Waals surface area contributed by atoms with Crippen LogP contribution in [0.1, 0.15) is 37.9 Å². The molecule has 0 saturated carbocycles. The minimum atomic E-state index is 0.200. The maximum absolute atomic E-state index is 12.6. The van der Waals surface area contributed by atoms with Gasteiger partial charge in [-0.15, -0.1) is 5.10 Å². The van der Waals surface area contributed by atoms with Crippen LogP contribution >= 0.6 is 0 Å². The van der Waals surface area contributed by atoms with E-state index < -0.39 is 0 Å².